The lowest BCUT2D eigenvalue weighted by molar-refractivity contribution is -0.132. The predicted octanol–water partition coefficient (Wildman–Crippen LogP) is 6.55. The number of halogens is 1. The van der Waals surface area contributed by atoms with E-state index < -0.39 is 0 Å². The van der Waals surface area contributed by atoms with Crippen molar-refractivity contribution in [1.29, 1.82) is 0 Å². The third-order valence-electron chi connectivity index (χ3n) is 5.42. The summed E-state index contributed by atoms with van der Waals surface area (Å²) in [5.74, 6) is 0.0558. The van der Waals surface area contributed by atoms with Crippen molar-refractivity contribution in [2.24, 2.45) is 0 Å². The Bertz CT molecular complexity index is 708. The normalized spacial score (nSPS) is 11.0. The van der Waals surface area contributed by atoms with Crippen molar-refractivity contribution in [2.45, 2.75) is 84.7 Å². The average Bonchev–Trinajstić information content (AvgIpc) is 3.15. The maximum atomic E-state index is 13.2. The van der Waals surface area contributed by atoms with Gasteiger partial charge in [0.25, 0.3) is 0 Å². The lowest BCUT2D eigenvalue weighted by Gasteiger charge is -2.24. The van der Waals surface area contributed by atoms with Crippen molar-refractivity contribution in [3.63, 3.8) is 0 Å². The molecule has 1 amide bonds. The first kappa shape index (κ1) is 23.2. The van der Waals surface area contributed by atoms with Gasteiger partial charge in [0, 0.05) is 31.4 Å². The first-order chi connectivity index (χ1) is 14.1. The minimum absolute atomic E-state index is 0.215. The fraction of sp³-hybridized carbons (Fsp3) is 0.560. The summed E-state index contributed by atoms with van der Waals surface area (Å²) in [4.78, 5) is 14.9. The first-order valence-electron chi connectivity index (χ1n) is 11.3. The molecule has 0 radical (unpaired) electrons. The minimum Gasteiger partial charge on any atom is -0.345 e. The number of amides is 1. The quantitative estimate of drug-likeness (QED) is 0.330. The molecule has 1 heterocycles. The molecule has 0 unspecified atom stereocenters. The standard InChI is InChI=1S/C25H37FN2O/c1-3-5-7-8-9-13-25(29)28(18-10-6-4-2)21-24-12-11-19-27(24)20-22-14-16-23(26)17-15-22/h11-12,14-17,19H,3-10,13,18,20-21H2,1-2H3. The molecule has 0 saturated heterocycles. The highest BCUT2D eigenvalue weighted by Crippen LogP contribution is 2.14. The van der Waals surface area contributed by atoms with E-state index in [1.807, 2.05) is 29.3 Å². The zero-order chi connectivity index (χ0) is 20.9. The van der Waals surface area contributed by atoms with Crippen molar-refractivity contribution in [3.05, 3.63) is 59.7 Å². The van der Waals surface area contributed by atoms with Crippen LogP contribution in [0, 0.1) is 5.82 Å². The first-order valence-corrected chi connectivity index (χ1v) is 11.3. The van der Waals surface area contributed by atoms with Gasteiger partial charge >= 0.3 is 0 Å². The second-order valence-corrected chi connectivity index (χ2v) is 7.94. The maximum Gasteiger partial charge on any atom is 0.222 e. The zero-order valence-electron chi connectivity index (χ0n) is 18.2. The average molecular weight is 401 g/mol. The molecule has 0 spiro atoms. The fourth-order valence-electron chi connectivity index (χ4n) is 3.61. The molecule has 0 atom stereocenters. The molecule has 0 fully saturated rings. The summed E-state index contributed by atoms with van der Waals surface area (Å²) in [6, 6.07) is 10.7. The molecule has 29 heavy (non-hydrogen) atoms. The van der Waals surface area contributed by atoms with Crippen LogP contribution in [0.3, 0.4) is 0 Å². The van der Waals surface area contributed by atoms with Crippen LogP contribution in [-0.4, -0.2) is 21.9 Å². The zero-order valence-corrected chi connectivity index (χ0v) is 18.2. The van der Waals surface area contributed by atoms with Crippen LogP contribution in [0.4, 0.5) is 4.39 Å². The van der Waals surface area contributed by atoms with Crippen LogP contribution in [0.25, 0.3) is 0 Å². The van der Waals surface area contributed by atoms with E-state index >= 15 is 0 Å². The summed E-state index contributed by atoms with van der Waals surface area (Å²) < 4.78 is 15.3. The summed E-state index contributed by atoms with van der Waals surface area (Å²) in [5.41, 5.74) is 2.19. The molecule has 1 aromatic carbocycles. The number of carbonyl (C=O) groups excluding carboxylic acids is 1. The molecular formula is C25H37FN2O. The van der Waals surface area contributed by atoms with Crippen LogP contribution in [-0.2, 0) is 17.9 Å². The molecule has 2 rings (SSSR count). The Morgan fingerprint density at radius 3 is 2.34 bits per heavy atom. The molecular weight excluding hydrogens is 363 g/mol. The van der Waals surface area contributed by atoms with Crippen molar-refractivity contribution in [2.75, 3.05) is 6.54 Å². The Labute approximate surface area is 175 Å². The predicted molar refractivity (Wildman–Crippen MR) is 118 cm³/mol. The number of hydrogen-bond donors (Lipinski definition) is 0. The number of nitrogens with zero attached hydrogens (tertiary/aromatic N) is 2. The van der Waals surface area contributed by atoms with Crippen LogP contribution in [0.15, 0.2) is 42.6 Å². The van der Waals surface area contributed by atoms with E-state index in [4.69, 9.17) is 0 Å². The van der Waals surface area contributed by atoms with Gasteiger partial charge in [-0.1, -0.05) is 64.5 Å². The summed E-state index contributed by atoms with van der Waals surface area (Å²) >= 11 is 0. The number of carbonyl (C=O) groups is 1. The number of aromatic nitrogens is 1. The summed E-state index contributed by atoms with van der Waals surface area (Å²) in [6.07, 6.45) is 11.9. The molecule has 2 aromatic rings. The van der Waals surface area contributed by atoms with Crippen molar-refractivity contribution >= 4 is 5.91 Å². The third kappa shape index (κ3) is 8.43. The molecule has 0 aliphatic heterocycles. The number of benzene rings is 1. The molecule has 0 bridgehead atoms. The van der Waals surface area contributed by atoms with E-state index in [0.29, 0.717) is 19.5 Å². The van der Waals surface area contributed by atoms with E-state index in [1.165, 1.54) is 31.4 Å². The molecule has 0 N–H and O–H groups in total. The molecule has 1 aromatic heterocycles. The van der Waals surface area contributed by atoms with E-state index in [1.54, 1.807) is 0 Å². The summed E-state index contributed by atoms with van der Waals surface area (Å²) in [5, 5.41) is 0. The Hall–Kier alpha value is -2.10. The van der Waals surface area contributed by atoms with Gasteiger partial charge in [0.1, 0.15) is 5.82 Å². The van der Waals surface area contributed by atoms with E-state index in [2.05, 4.69) is 24.5 Å². The number of unbranched alkanes of at least 4 members (excludes halogenated alkanes) is 6. The third-order valence-corrected chi connectivity index (χ3v) is 5.42. The summed E-state index contributed by atoms with van der Waals surface area (Å²) in [6.45, 7) is 6.56. The SMILES string of the molecule is CCCCCCCC(=O)N(CCCCC)Cc1cccn1Cc1ccc(F)cc1. The van der Waals surface area contributed by atoms with Crippen molar-refractivity contribution in [3.8, 4) is 0 Å². The smallest absolute Gasteiger partial charge is 0.222 e. The highest BCUT2D eigenvalue weighted by atomic mass is 19.1. The van der Waals surface area contributed by atoms with Gasteiger partial charge in [-0.3, -0.25) is 4.79 Å². The van der Waals surface area contributed by atoms with Crippen LogP contribution in [0.2, 0.25) is 0 Å². The topological polar surface area (TPSA) is 25.2 Å². The Morgan fingerprint density at radius 2 is 1.62 bits per heavy atom. The molecule has 0 aliphatic carbocycles. The maximum absolute atomic E-state index is 13.2. The van der Waals surface area contributed by atoms with Crippen molar-refractivity contribution < 1.29 is 9.18 Å². The highest BCUT2D eigenvalue weighted by molar-refractivity contribution is 5.76. The van der Waals surface area contributed by atoms with E-state index in [9.17, 15) is 9.18 Å². The molecule has 3 nitrogen and oxygen atoms in total. The Balaban J connectivity index is 1.97. The van der Waals surface area contributed by atoms with Gasteiger partial charge < -0.3 is 9.47 Å². The Morgan fingerprint density at radius 1 is 0.931 bits per heavy atom. The van der Waals surface area contributed by atoms with Crippen LogP contribution in [0.1, 0.15) is 82.9 Å². The van der Waals surface area contributed by atoms with Crippen LogP contribution >= 0.6 is 0 Å². The summed E-state index contributed by atoms with van der Waals surface area (Å²) in [7, 11) is 0. The second-order valence-electron chi connectivity index (χ2n) is 7.94. The lowest BCUT2D eigenvalue weighted by atomic mass is 10.1. The monoisotopic (exact) mass is 400 g/mol. The molecule has 4 heteroatoms. The van der Waals surface area contributed by atoms with Crippen LogP contribution < -0.4 is 0 Å². The van der Waals surface area contributed by atoms with Gasteiger partial charge in [0.15, 0.2) is 0 Å². The highest BCUT2D eigenvalue weighted by Gasteiger charge is 2.15. The van der Waals surface area contributed by atoms with Gasteiger partial charge in [0.05, 0.1) is 6.54 Å². The van der Waals surface area contributed by atoms with E-state index in [-0.39, 0.29) is 11.7 Å². The Kier molecular flexibility index (Phi) is 10.5. The molecule has 160 valence electrons. The van der Waals surface area contributed by atoms with E-state index in [0.717, 1.165) is 49.9 Å². The molecule has 0 aliphatic rings. The van der Waals surface area contributed by atoms with Gasteiger partial charge in [-0.15, -0.1) is 0 Å². The number of rotatable bonds is 14. The van der Waals surface area contributed by atoms with Gasteiger partial charge in [-0.05, 0) is 42.7 Å². The minimum atomic E-state index is -0.215. The van der Waals surface area contributed by atoms with Crippen molar-refractivity contribution in [1.82, 2.24) is 9.47 Å². The largest absolute Gasteiger partial charge is 0.345 e. The van der Waals surface area contributed by atoms with Gasteiger partial charge in [0.2, 0.25) is 5.91 Å². The second kappa shape index (κ2) is 13.2. The van der Waals surface area contributed by atoms with Crippen LogP contribution in [0.5, 0.6) is 0 Å². The van der Waals surface area contributed by atoms with Gasteiger partial charge in [-0.25, -0.2) is 4.39 Å². The molecule has 0 saturated carbocycles. The number of hydrogen-bond acceptors (Lipinski definition) is 1. The van der Waals surface area contributed by atoms with Gasteiger partial charge in [-0.2, -0.15) is 0 Å². The fourth-order valence-corrected chi connectivity index (χ4v) is 3.61. The lowest BCUT2D eigenvalue weighted by Crippen LogP contribution is -2.32.